The molecule has 7 nitrogen and oxygen atoms in total. The molecule has 2 N–H and O–H groups in total. The Morgan fingerprint density at radius 1 is 1.19 bits per heavy atom. The summed E-state index contributed by atoms with van der Waals surface area (Å²) in [5, 5.41) is 2.78. The van der Waals surface area contributed by atoms with E-state index in [1.165, 1.54) is 0 Å². The number of anilines is 1. The summed E-state index contributed by atoms with van der Waals surface area (Å²) in [5.41, 5.74) is 1.45. The second-order valence-electron chi connectivity index (χ2n) is 6.38. The van der Waals surface area contributed by atoms with Crippen LogP contribution in [0.25, 0.3) is 0 Å². The number of hydrogen-bond donors (Lipinski definition) is 2. The van der Waals surface area contributed by atoms with Gasteiger partial charge in [0.2, 0.25) is 16.8 Å². The average molecular weight is 390 g/mol. The summed E-state index contributed by atoms with van der Waals surface area (Å²) < 4.78 is 37.7. The largest absolute Gasteiger partial charge is 0.454 e. The van der Waals surface area contributed by atoms with Crippen LogP contribution >= 0.6 is 0 Å². The molecule has 0 aromatic heterocycles. The van der Waals surface area contributed by atoms with Gasteiger partial charge < -0.3 is 14.8 Å². The monoisotopic (exact) mass is 390 g/mol. The number of sulfonamides is 1. The molecule has 2 aromatic carbocycles. The van der Waals surface area contributed by atoms with Crippen molar-refractivity contribution in [2.24, 2.45) is 0 Å². The van der Waals surface area contributed by atoms with E-state index in [1.54, 1.807) is 42.5 Å². The van der Waals surface area contributed by atoms with Gasteiger partial charge in [0.05, 0.1) is 11.3 Å². The van der Waals surface area contributed by atoms with Gasteiger partial charge in [-0.15, -0.1) is 0 Å². The predicted molar refractivity (Wildman–Crippen MR) is 102 cm³/mol. The fourth-order valence-electron chi connectivity index (χ4n) is 2.70. The van der Waals surface area contributed by atoms with Crippen LogP contribution in [-0.2, 0) is 15.8 Å². The Morgan fingerprint density at radius 2 is 1.96 bits per heavy atom. The molecule has 8 heteroatoms. The molecule has 1 atom stereocenters. The maximum atomic E-state index is 12.6. The number of carbonyl (C=O) groups is 1. The molecule has 144 valence electrons. The lowest BCUT2D eigenvalue weighted by Crippen LogP contribution is -2.32. The van der Waals surface area contributed by atoms with Crippen molar-refractivity contribution in [3.8, 4) is 11.5 Å². The second-order valence-corrected chi connectivity index (χ2v) is 8.13. The van der Waals surface area contributed by atoms with Gasteiger partial charge in [-0.2, -0.15) is 0 Å². The van der Waals surface area contributed by atoms with Gasteiger partial charge in [0.25, 0.3) is 5.91 Å². The number of ether oxygens (including phenoxy) is 2. The Balaban J connectivity index is 1.73. The molecule has 1 heterocycles. The first-order valence-electron chi connectivity index (χ1n) is 8.67. The third-order valence-corrected chi connectivity index (χ3v) is 5.65. The van der Waals surface area contributed by atoms with E-state index in [0.29, 0.717) is 34.7 Å². The molecule has 1 amide bonds. The molecule has 0 unspecified atom stereocenters. The Hall–Kier alpha value is -2.58. The van der Waals surface area contributed by atoms with Crippen LogP contribution in [0.2, 0.25) is 0 Å². The van der Waals surface area contributed by atoms with E-state index in [2.05, 4.69) is 10.0 Å². The highest BCUT2D eigenvalue weighted by atomic mass is 32.2. The van der Waals surface area contributed by atoms with Crippen molar-refractivity contribution < 1.29 is 22.7 Å². The van der Waals surface area contributed by atoms with Gasteiger partial charge in [-0.05, 0) is 43.2 Å². The number of rotatable bonds is 7. The zero-order chi connectivity index (χ0) is 19.4. The van der Waals surface area contributed by atoms with Gasteiger partial charge in [-0.1, -0.05) is 25.1 Å². The first-order valence-corrected chi connectivity index (χ1v) is 10.3. The molecule has 0 aliphatic carbocycles. The number of para-hydroxylation sites is 1. The molecule has 1 aliphatic heterocycles. The Bertz CT molecular complexity index is 943. The minimum absolute atomic E-state index is 0.0795. The summed E-state index contributed by atoms with van der Waals surface area (Å²) in [6.45, 7) is 3.81. The van der Waals surface area contributed by atoms with Crippen molar-refractivity contribution in [2.45, 2.75) is 32.1 Å². The van der Waals surface area contributed by atoms with Crippen molar-refractivity contribution >= 4 is 21.6 Å². The van der Waals surface area contributed by atoms with Crippen LogP contribution in [-0.4, -0.2) is 27.2 Å². The van der Waals surface area contributed by atoms with Crippen molar-refractivity contribution in [1.29, 1.82) is 0 Å². The normalized spacial score (nSPS) is 14.0. The zero-order valence-electron chi connectivity index (χ0n) is 15.2. The Morgan fingerprint density at radius 3 is 2.74 bits per heavy atom. The Labute approximate surface area is 158 Å². The van der Waals surface area contributed by atoms with Gasteiger partial charge in [0.1, 0.15) is 0 Å². The lowest BCUT2D eigenvalue weighted by molar-refractivity contribution is 0.102. The summed E-state index contributed by atoms with van der Waals surface area (Å²) in [6, 6.07) is 11.7. The number of fused-ring (bicyclic) bond motifs is 1. The van der Waals surface area contributed by atoms with E-state index in [-0.39, 0.29) is 24.5 Å². The van der Waals surface area contributed by atoms with Crippen molar-refractivity contribution in [2.75, 3.05) is 12.1 Å². The summed E-state index contributed by atoms with van der Waals surface area (Å²) in [5.74, 6) is 0.429. The molecule has 0 spiro atoms. The molecule has 0 fully saturated rings. The quantitative estimate of drug-likeness (QED) is 0.758. The first-order chi connectivity index (χ1) is 12.9. The third kappa shape index (κ3) is 4.78. The smallest absolute Gasteiger partial charge is 0.259 e. The van der Waals surface area contributed by atoms with Crippen LogP contribution < -0.4 is 19.5 Å². The minimum Gasteiger partial charge on any atom is -0.454 e. The van der Waals surface area contributed by atoms with Gasteiger partial charge in [-0.25, -0.2) is 13.1 Å². The fraction of sp³-hybridized carbons (Fsp3) is 0.316. The molecule has 0 saturated heterocycles. The van der Waals surface area contributed by atoms with E-state index in [1.807, 2.05) is 13.8 Å². The first kappa shape index (κ1) is 19.2. The minimum atomic E-state index is -3.45. The van der Waals surface area contributed by atoms with Gasteiger partial charge in [-0.3, -0.25) is 4.79 Å². The molecule has 0 saturated carbocycles. The van der Waals surface area contributed by atoms with Crippen LogP contribution in [0.3, 0.4) is 0 Å². The summed E-state index contributed by atoms with van der Waals surface area (Å²) in [4.78, 5) is 12.6. The molecular weight excluding hydrogens is 368 g/mol. The maximum absolute atomic E-state index is 12.6. The number of nitrogens with one attached hydrogen (secondary N) is 2. The molecule has 0 bridgehead atoms. The highest BCUT2D eigenvalue weighted by molar-refractivity contribution is 7.88. The van der Waals surface area contributed by atoms with Gasteiger partial charge in [0, 0.05) is 11.7 Å². The molecule has 27 heavy (non-hydrogen) atoms. The molecular formula is C19H22N2O5S. The van der Waals surface area contributed by atoms with E-state index < -0.39 is 10.0 Å². The van der Waals surface area contributed by atoms with Gasteiger partial charge in [0.15, 0.2) is 11.5 Å². The van der Waals surface area contributed by atoms with E-state index >= 15 is 0 Å². The highest BCUT2D eigenvalue weighted by Gasteiger charge is 2.22. The van der Waals surface area contributed by atoms with E-state index in [4.69, 9.17) is 9.47 Å². The van der Waals surface area contributed by atoms with Crippen LogP contribution in [0.5, 0.6) is 11.5 Å². The van der Waals surface area contributed by atoms with Crippen molar-refractivity contribution in [3.63, 3.8) is 0 Å². The topological polar surface area (TPSA) is 93.7 Å². The number of hydrogen-bond acceptors (Lipinski definition) is 5. The lowest BCUT2D eigenvalue weighted by atomic mass is 10.1. The standard InChI is InChI=1S/C19H22N2O5S/c1-3-13(2)21-27(23,24)11-14-6-4-7-15(10-14)20-19(22)16-8-5-9-17-18(16)26-12-25-17/h4-10,13,21H,3,11-12H2,1-2H3,(H,20,22)/t13-/m0/s1. The summed E-state index contributed by atoms with van der Waals surface area (Å²) >= 11 is 0. The van der Waals surface area contributed by atoms with Gasteiger partial charge >= 0.3 is 0 Å². The second kappa shape index (κ2) is 7.98. The van der Waals surface area contributed by atoms with Crippen molar-refractivity contribution in [1.82, 2.24) is 4.72 Å². The molecule has 0 radical (unpaired) electrons. The van der Waals surface area contributed by atoms with Crippen LogP contribution in [0, 0.1) is 0 Å². The van der Waals surface area contributed by atoms with E-state index in [9.17, 15) is 13.2 Å². The lowest BCUT2D eigenvalue weighted by Gasteiger charge is -2.13. The molecule has 1 aliphatic rings. The van der Waals surface area contributed by atoms with Crippen LogP contribution in [0.4, 0.5) is 5.69 Å². The number of carbonyl (C=O) groups excluding carboxylic acids is 1. The number of amides is 1. The SMILES string of the molecule is CC[C@H](C)NS(=O)(=O)Cc1cccc(NC(=O)c2cccc3c2OCO3)c1. The maximum Gasteiger partial charge on any atom is 0.259 e. The molecule has 2 aromatic rings. The van der Waals surface area contributed by atoms with Crippen molar-refractivity contribution in [3.05, 3.63) is 53.6 Å². The predicted octanol–water partition coefficient (Wildman–Crippen LogP) is 2.89. The average Bonchev–Trinajstić information content (AvgIpc) is 3.09. The molecule has 3 rings (SSSR count). The van der Waals surface area contributed by atoms with Crippen LogP contribution in [0.15, 0.2) is 42.5 Å². The zero-order valence-corrected chi connectivity index (χ0v) is 16.0. The summed E-state index contributed by atoms with van der Waals surface area (Å²) in [6.07, 6.45) is 0.711. The summed E-state index contributed by atoms with van der Waals surface area (Å²) in [7, 11) is -3.45. The Kier molecular flexibility index (Phi) is 5.67. The van der Waals surface area contributed by atoms with Crippen LogP contribution in [0.1, 0.15) is 36.2 Å². The fourth-order valence-corrected chi connectivity index (χ4v) is 4.18. The van der Waals surface area contributed by atoms with E-state index in [0.717, 1.165) is 0 Å². The third-order valence-electron chi connectivity index (χ3n) is 4.18. The number of benzene rings is 2. The highest BCUT2D eigenvalue weighted by Crippen LogP contribution is 2.35.